The summed E-state index contributed by atoms with van der Waals surface area (Å²) in [5.74, 6) is 0.479. The summed E-state index contributed by atoms with van der Waals surface area (Å²) in [6, 6.07) is 6.53. The number of hydrogen-bond acceptors (Lipinski definition) is 6. The van der Waals surface area contributed by atoms with Crippen molar-refractivity contribution in [2.24, 2.45) is 0 Å². The Labute approximate surface area is 239 Å². The van der Waals surface area contributed by atoms with Gasteiger partial charge in [0.2, 0.25) is 0 Å². The normalized spacial score (nSPS) is 19.9. The van der Waals surface area contributed by atoms with E-state index in [1.807, 2.05) is 33.8 Å². The first-order valence-corrected chi connectivity index (χ1v) is 14.0. The quantitative estimate of drug-likeness (QED) is 0.446. The lowest BCUT2D eigenvalue weighted by Gasteiger charge is -2.48. The molecule has 1 N–H and O–H groups in total. The van der Waals surface area contributed by atoms with E-state index in [1.54, 1.807) is 4.90 Å². The molecule has 2 aliphatic rings. The Kier molecular flexibility index (Phi) is 9.16. The zero-order valence-electron chi connectivity index (χ0n) is 24.3. The molecule has 41 heavy (non-hydrogen) atoms. The summed E-state index contributed by atoms with van der Waals surface area (Å²) in [7, 11) is 0. The molecule has 0 bridgehead atoms. The van der Waals surface area contributed by atoms with E-state index in [2.05, 4.69) is 28.2 Å². The number of piperidine rings is 1. The van der Waals surface area contributed by atoms with Gasteiger partial charge in [-0.1, -0.05) is 6.07 Å². The summed E-state index contributed by atoms with van der Waals surface area (Å²) in [5, 5.41) is 2.70. The first-order valence-electron chi connectivity index (χ1n) is 14.0. The molecule has 1 aromatic heterocycles. The van der Waals surface area contributed by atoms with E-state index in [1.165, 1.54) is 11.6 Å². The highest BCUT2D eigenvalue weighted by Crippen LogP contribution is 2.39. The van der Waals surface area contributed by atoms with Crippen LogP contribution < -0.4 is 10.1 Å². The van der Waals surface area contributed by atoms with Crippen LogP contribution in [-0.4, -0.2) is 71.2 Å². The Bertz CT molecular complexity index is 1240. The monoisotopic (exact) mass is 576 g/mol. The smallest absolute Gasteiger partial charge is 0.433 e. The van der Waals surface area contributed by atoms with E-state index in [9.17, 15) is 22.8 Å². The van der Waals surface area contributed by atoms with Crippen molar-refractivity contribution in [2.45, 2.75) is 77.7 Å². The van der Waals surface area contributed by atoms with Crippen molar-refractivity contribution >= 4 is 12.0 Å². The number of rotatable bonds is 6. The van der Waals surface area contributed by atoms with Crippen LogP contribution >= 0.6 is 0 Å². The van der Waals surface area contributed by atoms with Crippen molar-refractivity contribution in [1.82, 2.24) is 20.1 Å². The van der Waals surface area contributed by atoms with Gasteiger partial charge < -0.3 is 19.7 Å². The van der Waals surface area contributed by atoms with E-state index in [0.29, 0.717) is 32.8 Å². The van der Waals surface area contributed by atoms with E-state index in [-0.39, 0.29) is 23.6 Å². The van der Waals surface area contributed by atoms with Gasteiger partial charge in [-0.15, -0.1) is 0 Å². The Morgan fingerprint density at radius 2 is 1.80 bits per heavy atom. The second-order valence-electron chi connectivity index (χ2n) is 11.7. The number of alkyl carbamates (subject to hydrolysis) is 1. The highest BCUT2D eigenvalue weighted by molar-refractivity contribution is 5.94. The highest BCUT2D eigenvalue weighted by atomic mass is 19.4. The predicted molar refractivity (Wildman–Crippen MR) is 148 cm³/mol. The lowest BCUT2D eigenvalue weighted by Crippen LogP contribution is -2.57. The van der Waals surface area contributed by atoms with Gasteiger partial charge >= 0.3 is 12.3 Å². The number of nitrogens with one attached hydrogen (secondary N) is 1. The van der Waals surface area contributed by atoms with Crippen LogP contribution in [0.1, 0.15) is 78.8 Å². The standard InChI is InChI=1S/C30H39F3N4O4/c1-19-20(2)25(40-16-13-34-28(39)41-29(3,4)5)11-10-23(19)24-8-6-7-22-18-36(14-15-37(22)24)27(38)21-9-12-26(35-17-21)30(31,32)33/h9-12,17,22,24H,6-8,13-16,18H2,1-5H3,(H,34,39)/t22-,24+/m0/s1. The van der Waals surface area contributed by atoms with Crippen LogP contribution in [0, 0.1) is 13.8 Å². The van der Waals surface area contributed by atoms with Gasteiger partial charge in [-0.2, -0.15) is 13.2 Å². The van der Waals surface area contributed by atoms with E-state index in [0.717, 1.165) is 48.4 Å². The van der Waals surface area contributed by atoms with Crippen molar-refractivity contribution in [3.8, 4) is 5.75 Å². The Balaban J connectivity index is 1.37. The number of amides is 2. The summed E-state index contributed by atoms with van der Waals surface area (Å²) in [6.07, 6.45) is -1.02. The summed E-state index contributed by atoms with van der Waals surface area (Å²) in [5.41, 5.74) is 2.04. The van der Waals surface area contributed by atoms with Crippen LogP contribution in [0.3, 0.4) is 0 Å². The van der Waals surface area contributed by atoms with Gasteiger partial charge in [-0.05, 0) is 88.8 Å². The zero-order chi connectivity index (χ0) is 29.9. The van der Waals surface area contributed by atoms with Crippen molar-refractivity contribution < 1.29 is 32.2 Å². The number of piperazine rings is 1. The molecule has 2 atom stereocenters. The van der Waals surface area contributed by atoms with Gasteiger partial charge in [0.15, 0.2) is 0 Å². The molecule has 1 aromatic carbocycles. The number of pyridine rings is 1. The van der Waals surface area contributed by atoms with E-state index >= 15 is 0 Å². The van der Waals surface area contributed by atoms with Crippen LogP contribution in [0.25, 0.3) is 0 Å². The van der Waals surface area contributed by atoms with Gasteiger partial charge in [-0.3, -0.25) is 14.7 Å². The molecule has 2 aromatic rings. The molecule has 224 valence electrons. The molecular weight excluding hydrogens is 537 g/mol. The van der Waals surface area contributed by atoms with Crippen LogP contribution in [-0.2, 0) is 10.9 Å². The lowest BCUT2D eigenvalue weighted by molar-refractivity contribution is -0.141. The van der Waals surface area contributed by atoms with Crippen LogP contribution in [0.15, 0.2) is 30.5 Å². The molecule has 0 radical (unpaired) electrons. The summed E-state index contributed by atoms with van der Waals surface area (Å²) in [4.78, 5) is 32.6. The van der Waals surface area contributed by atoms with Crippen molar-refractivity contribution in [3.05, 3.63) is 58.4 Å². The average molecular weight is 577 g/mol. The molecule has 3 heterocycles. The lowest BCUT2D eigenvalue weighted by atomic mass is 9.86. The topological polar surface area (TPSA) is 84.0 Å². The Morgan fingerprint density at radius 3 is 2.46 bits per heavy atom. The number of fused-ring (bicyclic) bond motifs is 1. The molecule has 8 nitrogen and oxygen atoms in total. The third kappa shape index (κ3) is 7.49. The average Bonchev–Trinajstić information content (AvgIpc) is 2.91. The maximum Gasteiger partial charge on any atom is 0.433 e. The van der Waals surface area contributed by atoms with Crippen molar-refractivity contribution in [3.63, 3.8) is 0 Å². The minimum Gasteiger partial charge on any atom is -0.491 e. The number of hydrogen-bond donors (Lipinski definition) is 1. The van der Waals surface area contributed by atoms with Crippen molar-refractivity contribution in [1.29, 1.82) is 0 Å². The largest absolute Gasteiger partial charge is 0.491 e. The third-order valence-corrected chi connectivity index (χ3v) is 7.70. The molecule has 0 saturated carbocycles. The molecule has 0 aliphatic carbocycles. The molecule has 4 rings (SSSR count). The molecule has 2 saturated heterocycles. The second kappa shape index (κ2) is 12.3. The predicted octanol–water partition coefficient (Wildman–Crippen LogP) is 5.67. The maximum absolute atomic E-state index is 13.1. The van der Waals surface area contributed by atoms with Gasteiger partial charge in [0.1, 0.15) is 23.7 Å². The highest BCUT2D eigenvalue weighted by Gasteiger charge is 2.38. The SMILES string of the molecule is Cc1c(OCCNC(=O)OC(C)(C)C)ccc([C@H]2CCC[C@H]3CN(C(=O)c4ccc(C(F)(F)F)nc4)CCN32)c1C. The number of carbonyl (C=O) groups is 2. The van der Waals surface area contributed by atoms with Gasteiger partial charge in [0, 0.05) is 37.9 Å². The molecule has 0 unspecified atom stereocenters. The second-order valence-corrected chi connectivity index (χ2v) is 11.7. The molecular formula is C30H39F3N4O4. The number of benzene rings is 1. The van der Waals surface area contributed by atoms with Gasteiger partial charge in [0.25, 0.3) is 5.91 Å². The molecule has 2 fully saturated rings. The fraction of sp³-hybridized carbons (Fsp3) is 0.567. The minimum atomic E-state index is -4.54. The van der Waals surface area contributed by atoms with Crippen LogP contribution in [0.2, 0.25) is 0 Å². The van der Waals surface area contributed by atoms with Crippen LogP contribution in [0.5, 0.6) is 5.75 Å². The summed E-state index contributed by atoms with van der Waals surface area (Å²) >= 11 is 0. The number of alkyl halides is 3. The first-order chi connectivity index (χ1) is 19.2. The van der Waals surface area contributed by atoms with E-state index < -0.39 is 23.6 Å². The van der Waals surface area contributed by atoms with Gasteiger partial charge in [0.05, 0.1) is 12.1 Å². The van der Waals surface area contributed by atoms with E-state index in [4.69, 9.17) is 9.47 Å². The zero-order valence-corrected chi connectivity index (χ0v) is 24.3. The Hall–Kier alpha value is -3.34. The fourth-order valence-corrected chi connectivity index (χ4v) is 5.60. The molecule has 2 amide bonds. The number of carbonyl (C=O) groups excluding carboxylic acids is 2. The number of nitrogens with zero attached hydrogens (tertiary/aromatic N) is 3. The number of aromatic nitrogens is 1. The molecule has 2 aliphatic heterocycles. The Morgan fingerprint density at radius 1 is 1.05 bits per heavy atom. The summed E-state index contributed by atoms with van der Waals surface area (Å²) < 4.78 is 49.8. The fourth-order valence-electron chi connectivity index (χ4n) is 5.60. The molecule has 11 heteroatoms. The number of ether oxygens (including phenoxy) is 2. The molecule has 0 spiro atoms. The van der Waals surface area contributed by atoms with Crippen molar-refractivity contribution in [2.75, 3.05) is 32.8 Å². The summed E-state index contributed by atoms with van der Waals surface area (Å²) in [6.45, 7) is 11.9. The third-order valence-electron chi connectivity index (χ3n) is 7.70. The number of halogens is 3. The minimum absolute atomic E-state index is 0.169. The first kappa shape index (κ1) is 30.6. The van der Waals surface area contributed by atoms with Gasteiger partial charge in [-0.25, -0.2) is 4.79 Å². The van der Waals surface area contributed by atoms with Crippen LogP contribution in [0.4, 0.5) is 18.0 Å². The maximum atomic E-state index is 13.1.